The van der Waals surface area contributed by atoms with Gasteiger partial charge in [0.1, 0.15) is 0 Å². The van der Waals surface area contributed by atoms with Crippen LogP contribution in [-0.4, -0.2) is 46.8 Å². The van der Waals surface area contributed by atoms with Gasteiger partial charge in [-0.05, 0) is 62.0 Å². The first-order valence-corrected chi connectivity index (χ1v) is 9.31. The number of nitrogens with one attached hydrogen (secondary N) is 1. The molecule has 2 aliphatic rings. The van der Waals surface area contributed by atoms with Gasteiger partial charge in [0.15, 0.2) is 5.69 Å². The Kier molecular flexibility index (Phi) is 5.81. The quantitative estimate of drug-likeness (QED) is 0.804. The van der Waals surface area contributed by atoms with E-state index in [4.69, 9.17) is 0 Å². The van der Waals surface area contributed by atoms with Gasteiger partial charge >= 0.3 is 0 Å². The zero-order valence-electron chi connectivity index (χ0n) is 13.9. The summed E-state index contributed by atoms with van der Waals surface area (Å²) < 4.78 is 2.75. The topological polar surface area (TPSA) is 50.2 Å². The Labute approximate surface area is 162 Å². The van der Waals surface area contributed by atoms with Gasteiger partial charge in [-0.25, -0.2) is 4.68 Å². The number of nitrogens with zero attached hydrogens (tertiary/aromatic N) is 3. The Morgan fingerprint density at radius 3 is 2.56 bits per heavy atom. The van der Waals surface area contributed by atoms with Crippen LogP contribution in [0.4, 0.5) is 0 Å². The van der Waals surface area contributed by atoms with E-state index < -0.39 is 0 Å². The number of hydrogen-bond donors (Lipinski definition) is 1. The Morgan fingerprint density at radius 1 is 1.16 bits per heavy atom. The fourth-order valence-corrected chi connectivity index (χ4v) is 4.17. The molecule has 0 radical (unpaired) electrons. The highest BCUT2D eigenvalue weighted by Gasteiger charge is 2.32. The second-order valence-electron chi connectivity index (χ2n) is 6.67. The van der Waals surface area contributed by atoms with Crippen LogP contribution in [0.3, 0.4) is 0 Å². The summed E-state index contributed by atoms with van der Waals surface area (Å²) in [5, 5.41) is 7.96. The fraction of sp³-hybridized carbons (Fsp3) is 0.444. The van der Waals surface area contributed by atoms with Crippen molar-refractivity contribution >= 4 is 34.2 Å². The highest BCUT2D eigenvalue weighted by Crippen LogP contribution is 2.27. The van der Waals surface area contributed by atoms with Gasteiger partial charge in [0.2, 0.25) is 0 Å². The lowest BCUT2D eigenvalue weighted by atomic mass is 9.92. The molecular weight excluding hydrogens is 404 g/mol. The molecule has 25 heavy (non-hydrogen) atoms. The summed E-state index contributed by atoms with van der Waals surface area (Å²) in [7, 11) is 0. The van der Waals surface area contributed by atoms with Crippen LogP contribution in [0.5, 0.6) is 0 Å². The maximum Gasteiger partial charge on any atom is 0.274 e. The van der Waals surface area contributed by atoms with Gasteiger partial charge in [0.25, 0.3) is 5.91 Å². The van der Waals surface area contributed by atoms with Gasteiger partial charge in [-0.1, -0.05) is 22.0 Å². The van der Waals surface area contributed by atoms with E-state index in [-0.39, 0.29) is 18.3 Å². The molecule has 2 saturated heterocycles. The van der Waals surface area contributed by atoms with Crippen LogP contribution in [0.25, 0.3) is 5.69 Å². The Morgan fingerprint density at radius 2 is 1.88 bits per heavy atom. The summed E-state index contributed by atoms with van der Waals surface area (Å²) in [6.45, 7) is 3.88. The van der Waals surface area contributed by atoms with Crippen molar-refractivity contribution in [2.24, 2.45) is 11.8 Å². The van der Waals surface area contributed by atoms with Crippen molar-refractivity contribution in [1.29, 1.82) is 0 Å². The normalized spacial score (nSPS) is 22.8. The van der Waals surface area contributed by atoms with Crippen LogP contribution >= 0.6 is 28.3 Å². The van der Waals surface area contributed by atoms with Gasteiger partial charge in [0.05, 0.1) is 5.69 Å². The van der Waals surface area contributed by atoms with Gasteiger partial charge < -0.3 is 10.2 Å². The van der Waals surface area contributed by atoms with E-state index in [0.717, 1.165) is 61.0 Å². The number of benzene rings is 1. The molecular formula is C18H22BrClN4O. The van der Waals surface area contributed by atoms with Crippen molar-refractivity contribution in [2.75, 3.05) is 26.2 Å². The lowest BCUT2D eigenvalue weighted by Gasteiger charge is -2.19. The van der Waals surface area contributed by atoms with Crippen molar-refractivity contribution in [2.45, 2.75) is 12.8 Å². The smallest absolute Gasteiger partial charge is 0.274 e. The van der Waals surface area contributed by atoms with E-state index in [0.29, 0.717) is 5.69 Å². The standard InChI is InChI=1S/C18H21BrN4O.ClH/c19-15-2-1-3-16(10-15)23-9-6-17(21-23)18(24)22-7-4-13-11-20-12-14(13)5-8-22;/h1-3,6,9-10,13-14,20H,4-5,7-8,11-12H2;1H/t13-,14+;. The minimum atomic E-state index is 0. The number of fused-ring (bicyclic) bond motifs is 1. The minimum absolute atomic E-state index is 0. The van der Waals surface area contributed by atoms with Crippen LogP contribution in [0, 0.1) is 11.8 Å². The average Bonchev–Trinajstić information content (AvgIpc) is 3.20. The summed E-state index contributed by atoms with van der Waals surface area (Å²) in [4.78, 5) is 14.8. The number of aromatic nitrogens is 2. The fourth-order valence-electron chi connectivity index (χ4n) is 3.78. The minimum Gasteiger partial charge on any atom is -0.337 e. The summed E-state index contributed by atoms with van der Waals surface area (Å²) in [5.41, 5.74) is 1.47. The Hall–Kier alpha value is -1.37. The Bertz CT molecular complexity index is 736. The number of hydrogen-bond acceptors (Lipinski definition) is 3. The van der Waals surface area contributed by atoms with Crippen molar-refractivity contribution < 1.29 is 4.79 Å². The Balaban J connectivity index is 0.00000182. The molecule has 2 aromatic rings. The largest absolute Gasteiger partial charge is 0.337 e. The van der Waals surface area contributed by atoms with E-state index in [1.807, 2.05) is 41.4 Å². The third kappa shape index (κ3) is 3.91. The van der Waals surface area contributed by atoms with Gasteiger partial charge in [-0.2, -0.15) is 5.10 Å². The summed E-state index contributed by atoms with van der Waals surface area (Å²) in [5.74, 6) is 1.50. The molecule has 7 heteroatoms. The second-order valence-corrected chi connectivity index (χ2v) is 7.59. The van der Waals surface area contributed by atoms with E-state index in [1.165, 1.54) is 0 Å². The predicted molar refractivity (Wildman–Crippen MR) is 103 cm³/mol. The molecule has 2 atom stereocenters. The highest BCUT2D eigenvalue weighted by atomic mass is 79.9. The third-order valence-electron chi connectivity index (χ3n) is 5.19. The van der Waals surface area contributed by atoms with Crippen LogP contribution in [0.2, 0.25) is 0 Å². The van der Waals surface area contributed by atoms with Crippen LogP contribution in [0.15, 0.2) is 41.0 Å². The molecule has 134 valence electrons. The van der Waals surface area contributed by atoms with E-state index in [9.17, 15) is 4.79 Å². The lowest BCUT2D eigenvalue weighted by molar-refractivity contribution is 0.0752. The van der Waals surface area contributed by atoms with Crippen LogP contribution in [0.1, 0.15) is 23.3 Å². The monoisotopic (exact) mass is 424 g/mol. The molecule has 1 amide bonds. The summed E-state index contributed by atoms with van der Waals surface area (Å²) in [6.07, 6.45) is 4.04. The van der Waals surface area contributed by atoms with Crippen LogP contribution in [-0.2, 0) is 0 Å². The molecule has 0 spiro atoms. The number of halogens is 2. The molecule has 0 saturated carbocycles. The number of carbonyl (C=O) groups is 1. The first kappa shape index (κ1) is 18.4. The van der Waals surface area contributed by atoms with Crippen LogP contribution < -0.4 is 5.32 Å². The van der Waals surface area contributed by atoms with Crippen molar-refractivity contribution in [3.8, 4) is 5.69 Å². The van der Waals surface area contributed by atoms with Crippen molar-refractivity contribution in [3.63, 3.8) is 0 Å². The molecule has 0 aliphatic carbocycles. The maximum absolute atomic E-state index is 12.8. The molecule has 0 bridgehead atoms. The summed E-state index contributed by atoms with van der Waals surface area (Å²) >= 11 is 3.47. The molecule has 3 heterocycles. The van der Waals surface area contributed by atoms with Gasteiger partial charge in [-0.15, -0.1) is 12.4 Å². The highest BCUT2D eigenvalue weighted by molar-refractivity contribution is 9.10. The first-order valence-electron chi connectivity index (χ1n) is 8.52. The molecule has 0 unspecified atom stereocenters. The molecule has 2 fully saturated rings. The lowest BCUT2D eigenvalue weighted by Crippen LogP contribution is -2.33. The van der Waals surface area contributed by atoms with Gasteiger partial charge in [-0.3, -0.25) is 4.79 Å². The van der Waals surface area contributed by atoms with E-state index in [1.54, 1.807) is 4.68 Å². The summed E-state index contributed by atoms with van der Waals surface area (Å²) in [6, 6.07) is 9.72. The molecule has 1 aromatic heterocycles. The van der Waals surface area contributed by atoms with E-state index >= 15 is 0 Å². The second kappa shape index (κ2) is 7.89. The molecule has 1 N–H and O–H groups in total. The average molecular weight is 426 g/mol. The number of carbonyl (C=O) groups excluding carboxylic acids is 1. The van der Waals surface area contributed by atoms with Gasteiger partial charge in [0, 0.05) is 23.8 Å². The zero-order chi connectivity index (χ0) is 16.5. The van der Waals surface area contributed by atoms with Crippen molar-refractivity contribution in [3.05, 3.63) is 46.7 Å². The zero-order valence-corrected chi connectivity index (χ0v) is 16.3. The van der Waals surface area contributed by atoms with Crippen molar-refractivity contribution in [1.82, 2.24) is 20.0 Å². The molecule has 2 aliphatic heterocycles. The molecule has 5 nitrogen and oxygen atoms in total. The van der Waals surface area contributed by atoms with E-state index in [2.05, 4.69) is 26.3 Å². The maximum atomic E-state index is 12.8. The third-order valence-corrected chi connectivity index (χ3v) is 5.68. The SMILES string of the molecule is Cl.O=C(c1ccn(-c2cccc(Br)c2)n1)N1CC[C@@H]2CNC[C@@H]2CC1. The first-order chi connectivity index (χ1) is 11.7. The molecule has 1 aromatic carbocycles. The number of rotatable bonds is 2. The number of amides is 1. The predicted octanol–water partition coefficient (Wildman–Crippen LogP) is 3.13. The molecule has 4 rings (SSSR count). The number of likely N-dealkylation sites (tertiary alicyclic amines) is 1.